The maximum Gasteiger partial charge on any atom is 0.237 e. The summed E-state index contributed by atoms with van der Waals surface area (Å²) in [6.07, 6.45) is 0.827. The lowest BCUT2D eigenvalue weighted by Gasteiger charge is -2.39. The SMILES string of the molecule is CCC1C(=O)NCCN1C(CN)c1cccs1. The lowest BCUT2D eigenvalue weighted by Crippen LogP contribution is -2.56. The van der Waals surface area contributed by atoms with Crippen molar-refractivity contribution in [2.45, 2.75) is 25.4 Å². The number of piperazine rings is 1. The Bertz CT molecular complexity index is 366. The molecular formula is C12H19N3OS. The zero-order valence-corrected chi connectivity index (χ0v) is 10.9. The smallest absolute Gasteiger partial charge is 0.237 e. The molecule has 2 rings (SSSR count). The maximum atomic E-state index is 11.8. The summed E-state index contributed by atoms with van der Waals surface area (Å²) in [7, 11) is 0. The first kappa shape index (κ1) is 12.5. The van der Waals surface area contributed by atoms with Gasteiger partial charge >= 0.3 is 0 Å². The van der Waals surface area contributed by atoms with E-state index >= 15 is 0 Å². The average molecular weight is 253 g/mol. The fraction of sp³-hybridized carbons (Fsp3) is 0.583. The molecule has 2 heterocycles. The molecule has 1 fully saturated rings. The van der Waals surface area contributed by atoms with Gasteiger partial charge in [0, 0.05) is 24.5 Å². The van der Waals surface area contributed by atoms with Crippen molar-refractivity contribution in [2.75, 3.05) is 19.6 Å². The molecule has 17 heavy (non-hydrogen) atoms. The highest BCUT2D eigenvalue weighted by Crippen LogP contribution is 2.27. The molecule has 2 unspecified atom stereocenters. The molecule has 1 aliphatic rings. The van der Waals surface area contributed by atoms with Gasteiger partial charge in [0.2, 0.25) is 5.91 Å². The lowest BCUT2D eigenvalue weighted by molar-refractivity contribution is -0.130. The van der Waals surface area contributed by atoms with E-state index in [-0.39, 0.29) is 18.0 Å². The first-order valence-corrected chi connectivity index (χ1v) is 6.92. The third-order valence-corrected chi connectivity index (χ3v) is 4.23. The predicted octanol–water partition coefficient (Wildman–Crippen LogP) is 0.958. The monoisotopic (exact) mass is 253 g/mol. The van der Waals surface area contributed by atoms with Crippen LogP contribution in [0.25, 0.3) is 0 Å². The van der Waals surface area contributed by atoms with Crippen LogP contribution in [0, 0.1) is 0 Å². The highest BCUT2D eigenvalue weighted by Gasteiger charge is 2.33. The van der Waals surface area contributed by atoms with Crippen LogP contribution in [0.5, 0.6) is 0 Å². The van der Waals surface area contributed by atoms with Crippen LogP contribution in [0.3, 0.4) is 0 Å². The van der Waals surface area contributed by atoms with E-state index < -0.39 is 0 Å². The second-order valence-corrected chi connectivity index (χ2v) is 5.20. The number of nitrogens with two attached hydrogens (primary N) is 1. The topological polar surface area (TPSA) is 58.4 Å². The van der Waals surface area contributed by atoms with Gasteiger partial charge in [-0.05, 0) is 17.9 Å². The van der Waals surface area contributed by atoms with Crippen LogP contribution >= 0.6 is 11.3 Å². The predicted molar refractivity (Wildman–Crippen MR) is 69.9 cm³/mol. The number of thiophene rings is 1. The fourth-order valence-electron chi connectivity index (χ4n) is 2.42. The van der Waals surface area contributed by atoms with Crippen LogP contribution in [0.1, 0.15) is 24.3 Å². The van der Waals surface area contributed by atoms with Crippen LogP contribution in [0.15, 0.2) is 17.5 Å². The third kappa shape index (κ3) is 2.51. The van der Waals surface area contributed by atoms with Gasteiger partial charge in [0.05, 0.1) is 12.1 Å². The zero-order valence-electron chi connectivity index (χ0n) is 10.1. The minimum Gasteiger partial charge on any atom is -0.353 e. The number of rotatable bonds is 4. The van der Waals surface area contributed by atoms with E-state index in [0.29, 0.717) is 6.54 Å². The highest BCUT2D eigenvalue weighted by molar-refractivity contribution is 7.10. The van der Waals surface area contributed by atoms with E-state index in [1.54, 1.807) is 11.3 Å². The third-order valence-electron chi connectivity index (χ3n) is 3.25. The Labute approximate surface area is 106 Å². The van der Waals surface area contributed by atoms with Crippen LogP contribution in [0.4, 0.5) is 0 Å². The van der Waals surface area contributed by atoms with E-state index in [0.717, 1.165) is 19.5 Å². The Kier molecular flexibility index (Phi) is 4.15. The molecule has 0 aliphatic carbocycles. The summed E-state index contributed by atoms with van der Waals surface area (Å²) in [5.74, 6) is 0.133. The van der Waals surface area contributed by atoms with Crippen LogP contribution in [-0.2, 0) is 4.79 Å². The fourth-order valence-corrected chi connectivity index (χ4v) is 3.28. The molecular weight excluding hydrogens is 234 g/mol. The van der Waals surface area contributed by atoms with Crippen molar-refractivity contribution in [3.8, 4) is 0 Å². The molecule has 1 amide bonds. The molecule has 0 aromatic carbocycles. The first-order valence-electron chi connectivity index (χ1n) is 6.04. The van der Waals surface area contributed by atoms with Gasteiger partial charge in [-0.25, -0.2) is 0 Å². The molecule has 2 atom stereocenters. The van der Waals surface area contributed by atoms with Gasteiger partial charge in [0.15, 0.2) is 0 Å². The van der Waals surface area contributed by atoms with Gasteiger partial charge in [-0.1, -0.05) is 13.0 Å². The van der Waals surface area contributed by atoms with Gasteiger partial charge < -0.3 is 11.1 Å². The van der Waals surface area contributed by atoms with Gasteiger partial charge in [-0.3, -0.25) is 9.69 Å². The molecule has 5 heteroatoms. The largest absolute Gasteiger partial charge is 0.353 e. The Morgan fingerprint density at radius 1 is 1.71 bits per heavy atom. The molecule has 1 aromatic rings. The number of carbonyl (C=O) groups is 1. The standard InChI is InChI=1S/C12H19N3OS/c1-2-9-12(16)14-5-6-15(9)10(8-13)11-4-3-7-17-11/h3-4,7,9-10H,2,5-6,8,13H2,1H3,(H,14,16). The normalized spacial score (nSPS) is 23.4. The number of amides is 1. The summed E-state index contributed by atoms with van der Waals surface area (Å²) in [6.45, 7) is 4.20. The van der Waals surface area contributed by atoms with E-state index in [9.17, 15) is 4.79 Å². The Hall–Kier alpha value is -0.910. The molecule has 1 aliphatic heterocycles. The molecule has 4 nitrogen and oxygen atoms in total. The molecule has 1 saturated heterocycles. The van der Waals surface area contributed by atoms with Crippen molar-refractivity contribution in [3.63, 3.8) is 0 Å². The summed E-state index contributed by atoms with van der Waals surface area (Å²) in [4.78, 5) is 15.3. The minimum absolute atomic E-state index is 0.0422. The Morgan fingerprint density at radius 2 is 2.53 bits per heavy atom. The molecule has 94 valence electrons. The molecule has 3 N–H and O–H groups in total. The molecule has 0 spiro atoms. The summed E-state index contributed by atoms with van der Waals surface area (Å²) < 4.78 is 0. The zero-order chi connectivity index (χ0) is 12.3. The van der Waals surface area contributed by atoms with E-state index in [4.69, 9.17) is 5.73 Å². The second-order valence-electron chi connectivity index (χ2n) is 4.22. The van der Waals surface area contributed by atoms with E-state index in [2.05, 4.69) is 21.7 Å². The summed E-state index contributed by atoms with van der Waals surface area (Å²) in [5.41, 5.74) is 5.89. The number of nitrogens with zero attached hydrogens (tertiary/aromatic N) is 1. The van der Waals surface area contributed by atoms with Gasteiger partial charge in [0.1, 0.15) is 0 Å². The first-order chi connectivity index (χ1) is 8.27. The van der Waals surface area contributed by atoms with Crippen LogP contribution in [0.2, 0.25) is 0 Å². The van der Waals surface area contributed by atoms with Crippen molar-refractivity contribution in [1.29, 1.82) is 0 Å². The molecule has 0 saturated carbocycles. The maximum absolute atomic E-state index is 11.8. The Balaban J connectivity index is 2.20. The molecule has 0 bridgehead atoms. The number of hydrogen-bond donors (Lipinski definition) is 2. The minimum atomic E-state index is -0.0422. The number of nitrogens with one attached hydrogen (secondary N) is 1. The quantitative estimate of drug-likeness (QED) is 0.840. The lowest BCUT2D eigenvalue weighted by atomic mass is 10.1. The van der Waals surface area contributed by atoms with Crippen molar-refractivity contribution in [2.24, 2.45) is 5.73 Å². The van der Waals surface area contributed by atoms with Gasteiger partial charge in [0.25, 0.3) is 0 Å². The Morgan fingerprint density at radius 3 is 3.12 bits per heavy atom. The molecule has 1 aromatic heterocycles. The van der Waals surface area contributed by atoms with Gasteiger partial charge in [-0.2, -0.15) is 0 Å². The number of carbonyl (C=O) groups excluding carboxylic acids is 1. The molecule has 0 radical (unpaired) electrons. The van der Waals surface area contributed by atoms with E-state index in [1.165, 1.54) is 4.88 Å². The summed E-state index contributed by atoms with van der Waals surface area (Å²) in [5, 5.41) is 4.98. The summed E-state index contributed by atoms with van der Waals surface area (Å²) in [6, 6.07) is 4.26. The van der Waals surface area contributed by atoms with Gasteiger partial charge in [-0.15, -0.1) is 11.3 Å². The average Bonchev–Trinajstić information content (AvgIpc) is 2.84. The highest BCUT2D eigenvalue weighted by atomic mass is 32.1. The summed E-state index contributed by atoms with van der Waals surface area (Å²) >= 11 is 1.71. The second kappa shape index (κ2) is 5.62. The van der Waals surface area contributed by atoms with Crippen molar-refractivity contribution in [1.82, 2.24) is 10.2 Å². The van der Waals surface area contributed by atoms with E-state index in [1.807, 2.05) is 13.0 Å². The van der Waals surface area contributed by atoms with Crippen molar-refractivity contribution in [3.05, 3.63) is 22.4 Å². The van der Waals surface area contributed by atoms with Crippen LogP contribution in [-0.4, -0.2) is 36.5 Å². The van der Waals surface area contributed by atoms with Crippen LogP contribution < -0.4 is 11.1 Å². The number of hydrogen-bond acceptors (Lipinski definition) is 4. The van der Waals surface area contributed by atoms with Crippen molar-refractivity contribution < 1.29 is 4.79 Å². The van der Waals surface area contributed by atoms with Crippen molar-refractivity contribution >= 4 is 17.2 Å².